The smallest absolute Gasteiger partial charge is 0.140 e. The van der Waals surface area contributed by atoms with E-state index in [9.17, 15) is 5.11 Å². The van der Waals surface area contributed by atoms with E-state index in [2.05, 4.69) is 28.9 Å². The summed E-state index contributed by atoms with van der Waals surface area (Å²) in [5.74, 6) is 0. The maximum atomic E-state index is 12.6. The summed E-state index contributed by atoms with van der Waals surface area (Å²) in [5.41, 5.74) is 7.99. The second kappa shape index (κ2) is 12.0. The lowest BCUT2D eigenvalue weighted by Gasteiger charge is -2.31. The lowest BCUT2D eigenvalue weighted by molar-refractivity contribution is 0.125. The molecule has 0 fully saturated rings. The zero-order valence-corrected chi connectivity index (χ0v) is 23.5. The molecule has 0 saturated heterocycles. The van der Waals surface area contributed by atoms with Crippen LogP contribution in [0.4, 0.5) is 34.1 Å². The van der Waals surface area contributed by atoms with Gasteiger partial charge in [0.05, 0.1) is 0 Å². The minimum atomic E-state index is -1.37. The van der Waals surface area contributed by atoms with Gasteiger partial charge in [-0.15, -0.1) is 0 Å². The average molecular weight is 548 g/mol. The molecule has 0 saturated carbocycles. The van der Waals surface area contributed by atoms with Crippen LogP contribution in [0.25, 0.3) is 0 Å². The number of hydrogen-bond acceptors (Lipinski definition) is 4. The molecule has 206 valence electrons. The molecule has 4 N–H and O–H groups in total. The monoisotopic (exact) mass is 547 g/mol. The highest BCUT2D eigenvalue weighted by molar-refractivity contribution is 5.66. The molecule has 0 heterocycles. The van der Waals surface area contributed by atoms with Crippen molar-refractivity contribution in [3.63, 3.8) is 0 Å². The van der Waals surface area contributed by atoms with E-state index in [1.807, 2.05) is 152 Å². The minimum Gasteiger partial charge on any atom is -0.376 e. The van der Waals surface area contributed by atoms with Gasteiger partial charge in [0.25, 0.3) is 0 Å². The first-order valence-electron chi connectivity index (χ1n) is 14.1. The Kier molecular flexibility index (Phi) is 7.71. The van der Waals surface area contributed by atoms with Crippen molar-refractivity contribution in [2.75, 3.05) is 16.0 Å². The molecule has 4 heteroatoms. The van der Waals surface area contributed by atoms with Crippen LogP contribution >= 0.6 is 0 Å². The molecular weight excluding hydrogens is 514 g/mol. The molecule has 0 radical (unpaired) electrons. The van der Waals surface area contributed by atoms with E-state index in [1.54, 1.807) is 0 Å². The Hall–Kier alpha value is -5.32. The van der Waals surface area contributed by atoms with Crippen molar-refractivity contribution in [2.45, 2.75) is 12.5 Å². The summed E-state index contributed by atoms with van der Waals surface area (Å²) in [4.78, 5) is 0. The Morgan fingerprint density at radius 3 is 1.17 bits per heavy atom. The van der Waals surface area contributed by atoms with Crippen molar-refractivity contribution in [1.29, 1.82) is 0 Å². The van der Waals surface area contributed by atoms with Gasteiger partial charge >= 0.3 is 0 Å². The largest absolute Gasteiger partial charge is 0.376 e. The molecule has 6 rings (SSSR count). The second-order valence-electron chi connectivity index (χ2n) is 10.4. The first-order chi connectivity index (χ1) is 20.6. The maximum Gasteiger partial charge on any atom is 0.140 e. The summed E-state index contributed by atoms with van der Waals surface area (Å²) in [6, 6.07) is 52.4. The summed E-state index contributed by atoms with van der Waals surface area (Å²) in [5, 5.41) is 23.0. The van der Waals surface area contributed by atoms with Crippen LogP contribution in [0, 0.1) is 6.92 Å². The molecule has 0 spiro atoms. The van der Waals surface area contributed by atoms with Crippen LogP contribution in [0.3, 0.4) is 0 Å². The van der Waals surface area contributed by atoms with Crippen LogP contribution in [0.2, 0.25) is 0 Å². The predicted octanol–water partition coefficient (Wildman–Crippen LogP) is 9.51. The fraction of sp³-hybridized carbons (Fsp3) is 0.0526. The first kappa shape index (κ1) is 26.9. The van der Waals surface area contributed by atoms with E-state index >= 15 is 0 Å². The minimum absolute atomic E-state index is 0.785. The SMILES string of the molecule is Cc1cc(C(O)(c2ccc(Nc3ccccc3)cc2)c2ccc(Nc3ccccc3)cc2)ccc1Nc1ccccc1. The van der Waals surface area contributed by atoms with Gasteiger partial charge in [-0.05, 0) is 95.9 Å². The number of benzene rings is 6. The van der Waals surface area contributed by atoms with Crippen molar-refractivity contribution in [3.05, 3.63) is 180 Å². The van der Waals surface area contributed by atoms with E-state index in [0.29, 0.717) is 0 Å². The number of anilines is 6. The molecule has 4 nitrogen and oxygen atoms in total. The fourth-order valence-electron chi connectivity index (χ4n) is 5.17. The number of para-hydroxylation sites is 3. The molecule has 0 aromatic heterocycles. The highest BCUT2D eigenvalue weighted by atomic mass is 16.3. The van der Waals surface area contributed by atoms with Gasteiger partial charge in [-0.2, -0.15) is 0 Å². The number of aliphatic hydroxyl groups is 1. The molecule has 0 atom stereocenters. The fourth-order valence-corrected chi connectivity index (χ4v) is 5.17. The van der Waals surface area contributed by atoms with Gasteiger partial charge < -0.3 is 21.1 Å². The molecule has 0 aliphatic heterocycles. The molecule has 0 amide bonds. The van der Waals surface area contributed by atoms with Crippen LogP contribution in [0.1, 0.15) is 22.3 Å². The Morgan fingerprint density at radius 1 is 0.405 bits per heavy atom. The molecule has 0 bridgehead atoms. The van der Waals surface area contributed by atoms with E-state index < -0.39 is 5.60 Å². The van der Waals surface area contributed by atoms with Gasteiger partial charge in [0.1, 0.15) is 5.60 Å². The van der Waals surface area contributed by atoms with E-state index in [4.69, 9.17) is 0 Å². The van der Waals surface area contributed by atoms with Crippen LogP contribution in [-0.2, 0) is 5.60 Å². The number of hydrogen-bond donors (Lipinski definition) is 4. The molecule has 6 aromatic carbocycles. The number of aryl methyl sites for hydroxylation is 1. The summed E-state index contributed by atoms with van der Waals surface area (Å²) >= 11 is 0. The Balaban J connectivity index is 1.36. The molecule has 0 aliphatic carbocycles. The van der Waals surface area contributed by atoms with E-state index in [0.717, 1.165) is 56.4 Å². The molecule has 0 aliphatic rings. The lowest BCUT2D eigenvalue weighted by atomic mass is 9.79. The molecule has 0 unspecified atom stereocenters. The van der Waals surface area contributed by atoms with Crippen molar-refractivity contribution in [3.8, 4) is 0 Å². The van der Waals surface area contributed by atoms with Crippen molar-refractivity contribution in [1.82, 2.24) is 0 Å². The van der Waals surface area contributed by atoms with E-state index in [1.165, 1.54) is 0 Å². The highest BCUT2D eigenvalue weighted by Gasteiger charge is 2.34. The third-order valence-electron chi connectivity index (χ3n) is 7.43. The normalized spacial score (nSPS) is 11.1. The lowest BCUT2D eigenvalue weighted by Crippen LogP contribution is -2.29. The Bertz CT molecular complexity index is 1650. The van der Waals surface area contributed by atoms with Gasteiger partial charge in [-0.3, -0.25) is 0 Å². The van der Waals surface area contributed by atoms with Crippen LogP contribution in [0.5, 0.6) is 0 Å². The topological polar surface area (TPSA) is 56.3 Å². The van der Waals surface area contributed by atoms with Crippen molar-refractivity contribution in [2.24, 2.45) is 0 Å². The third-order valence-corrected chi connectivity index (χ3v) is 7.43. The Morgan fingerprint density at radius 2 is 0.762 bits per heavy atom. The summed E-state index contributed by atoms with van der Waals surface area (Å²) in [7, 11) is 0. The van der Waals surface area contributed by atoms with Gasteiger partial charge in [0.2, 0.25) is 0 Å². The third kappa shape index (κ3) is 5.90. The molecular formula is C38H33N3O. The van der Waals surface area contributed by atoms with Gasteiger partial charge in [0.15, 0.2) is 0 Å². The number of rotatable bonds is 9. The quantitative estimate of drug-likeness (QED) is 0.136. The highest BCUT2D eigenvalue weighted by Crippen LogP contribution is 2.39. The van der Waals surface area contributed by atoms with Crippen molar-refractivity contribution < 1.29 is 5.11 Å². The van der Waals surface area contributed by atoms with Crippen LogP contribution in [0.15, 0.2) is 158 Å². The zero-order valence-electron chi connectivity index (χ0n) is 23.5. The summed E-state index contributed by atoms with van der Waals surface area (Å²) < 4.78 is 0. The first-order valence-corrected chi connectivity index (χ1v) is 14.1. The van der Waals surface area contributed by atoms with Crippen LogP contribution < -0.4 is 16.0 Å². The van der Waals surface area contributed by atoms with E-state index in [-0.39, 0.29) is 0 Å². The van der Waals surface area contributed by atoms with Crippen molar-refractivity contribution >= 4 is 34.1 Å². The van der Waals surface area contributed by atoms with Gasteiger partial charge in [-0.1, -0.05) is 91.0 Å². The average Bonchev–Trinajstić information content (AvgIpc) is 3.04. The summed E-state index contributed by atoms with van der Waals surface area (Å²) in [6.07, 6.45) is 0. The van der Waals surface area contributed by atoms with Gasteiger partial charge in [0, 0.05) is 34.1 Å². The van der Waals surface area contributed by atoms with Crippen LogP contribution in [-0.4, -0.2) is 5.11 Å². The van der Waals surface area contributed by atoms with Gasteiger partial charge in [-0.25, -0.2) is 0 Å². The Labute approximate surface area is 247 Å². The molecule has 6 aromatic rings. The maximum absolute atomic E-state index is 12.6. The molecule has 42 heavy (non-hydrogen) atoms. The summed E-state index contributed by atoms with van der Waals surface area (Å²) in [6.45, 7) is 2.06. The predicted molar refractivity (Wildman–Crippen MR) is 175 cm³/mol. The zero-order chi connectivity index (χ0) is 28.8. The number of nitrogens with one attached hydrogen (secondary N) is 3. The standard InChI is InChI=1S/C38H33N3O/c1-28-27-31(21-26-37(28)41-34-15-9-4-10-16-34)38(42,29-17-22-35(23-18-29)39-32-11-5-2-6-12-32)30-19-24-36(25-20-30)40-33-13-7-3-8-14-33/h2-27,39-42H,1H3. The second-order valence-corrected chi connectivity index (χ2v) is 10.4.